The van der Waals surface area contributed by atoms with Crippen molar-refractivity contribution in [2.75, 3.05) is 6.54 Å². The summed E-state index contributed by atoms with van der Waals surface area (Å²) in [7, 11) is 0. The highest BCUT2D eigenvalue weighted by atomic mass is 16.1. The van der Waals surface area contributed by atoms with Crippen LogP contribution in [-0.2, 0) is 6.42 Å². The minimum Gasteiger partial charge on any atom is -0.350 e. The van der Waals surface area contributed by atoms with Crippen molar-refractivity contribution in [3.05, 3.63) is 47.5 Å². The van der Waals surface area contributed by atoms with Crippen LogP contribution in [0.25, 0.3) is 0 Å². The molecule has 88 valence electrons. The Morgan fingerprint density at radius 1 is 1.53 bits per heavy atom. The van der Waals surface area contributed by atoms with Gasteiger partial charge in [0.15, 0.2) is 0 Å². The minimum atomic E-state index is -0.154. The number of amides is 1. The molecule has 2 aromatic heterocycles. The molecular weight excluding hydrogens is 216 g/mol. The van der Waals surface area contributed by atoms with E-state index in [1.807, 2.05) is 19.1 Å². The van der Waals surface area contributed by atoms with Gasteiger partial charge in [-0.15, -0.1) is 0 Å². The molecule has 5 heteroatoms. The molecule has 0 aliphatic carbocycles. The van der Waals surface area contributed by atoms with E-state index in [2.05, 4.69) is 20.5 Å². The van der Waals surface area contributed by atoms with Gasteiger partial charge in [0, 0.05) is 24.6 Å². The average molecular weight is 230 g/mol. The first-order chi connectivity index (χ1) is 8.25. The lowest BCUT2D eigenvalue weighted by molar-refractivity contribution is 0.0949. The maximum atomic E-state index is 11.6. The summed E-state index contributed by atoms with van der Waals surface area (Å²) >= 11 is 0. The molecule has 2 aromatic rings. The molecule has 0 unspecified atom stereocenters. The molecule has 1 amide bonds. The highest BCUT2D eigenvalue weighted by molar-refractivity contribution is 5.92. The Morgan fingerprint density at radius 3 is 3.06 bits per heavy atom. The molecule has 0 aromatic carbocycles. The Morgan fingerprint density at radius 2 is 2.41 bits per heavy atom. The molecule has 0 saturated heterocycles. The molecule has 0 aliphatic heterocycles. The molecule has 0 aliphatic rings. The third-order valence-electron chi connectivity index (χ3n) is 2.36. The van der Waals surface area contributed by atoms with Crippen molar-refractivity contribution in [3.63, 3.8) is 0 Å². The Bertz CT molecular complexity index is 492. The Kier molecular flexibility index (Phi) is 3.49. The van der Waals surface area contributed by atoms with Crippen molar-refractivity contribution in [2.45, 2.75) is 13.3 Å². The van der Waals surface area contributed by atoms with E-state index in [-0.39, 0.29) is 5.91 Å². The van der Waals surface area contributed by atoms with Crippen molar-refractivity contribution in [1.29, 1.82) is 0 Å². The number of aryl methyl sites for hydroxylation is 1. The van der Waals surface area contributed by atoms with Gasteiger partial charge in [-0.05, 0) is 31.0 Å². The van der Waals surface area contributed by atoms with Gasteiger partial charge < -0.3 is 5.32 Å². The predicted octanol–water partition coefficient (Wildman–Crippen LogP) is 1.09. The zero-order valence-electron chi connectivity index (χ0n) is 9.60. The van der Waals surface area contributed by atoms with Crippen LogP contribution in [0.4, 0.5) is 0 Å². The lowest BCUT2D eigenvalue weighted by atomic mass is 10.2. The van der Waals surface area contributed by atoms with E-state index in [0.29, 0.717) is 12.2 Å². The van der Waals surface area contributed by atoms with E-state index in [4.69, 9.17) is 0 Å². The van der Waals surface area contributed by atoms with Crippen LogP contribution in [0.1, 0.15) is 21.7 Å². The summed E-state index contributed by atoms with van der Waals surface area (Å²) < 4.78 is 0. The summed E-state index contributed by atoms with van der Waals surface area (Å²) in [5.41, 5.74) is 2.40. The van der Waals surface area contributed by atoms with Crippen molar-refractivity contribution in [1.82, 2.24) is 20.5 Å². The van der Waals surface area contributed by atoms with Gasteiger partial charge in [-0.3, -0.25) is 14.9 Å². The molecule has 2 rings (SSSR count). The van der Waals surface area contributed by atoms with E-state index < -0.39 is 0 Å². The number of hydrogen-bond donors (Lipinski definition) is 2. The second-order valence-corrected chi connectivity index (χ2v) is 3.80. The molecule has 0 atom stereocenters. The van der Waals surface area contributed by atoms with Crippen LogP contribution >= 0.6 is 0 Å². The first-order valence-corrected chi connectivity index (χ1v) is 5.45. The number of hydrogen-bond acceptors (Lipinski definition) is 3. The lowest BCUT2D eigenvalue weighted by Gasteiger charge is -2.02. The van der Waals surface area contributed by atoms with E-state index in [9.17, 15) is 4.79 Å². The molecule has 2 heterocycles. The zero-order valence-corrected chi connectivity index (χ0v) is 9.60. The van der Waals surface area contributed by atoms with Crippen LogP contribution in [0.3, 0.4) is 0 Å². The van der Waals surface area contributed by atoms with E-state index in [0.717, 1.165) is 17.7 Å². The van der Waals surface area contributed by atoms with Crippen LogP contribution in [0.2, 0.25) is 0 Å². The van der Waals surface area contributed by atoms with E-state index in [1.165, 1.54) is 0 Å². The standard InChI is InChI=1S/C12H14N4O/c1-9-7-11(16-15-9)12(17)14-6-4-10-3-2-5-13-8-10/h2-3,5,7-8H,4,6H2,1H3,(H,14,17)(H,15,16). The number of pyridine rings is 1. The lowest BCUT2D eigenvalue weighted by Crippen LogP contribution is -2.26. The third-order valence-corrected chi connectivity index (χ3v) is 2.36. The highest BCUT2D eigenvalue weighted by Crippen LogP contribution is 1.98. The summed E-state index contributed by atoms with van der Waals surface area (Å²) in [5.74, 6) is -0.154. The fourth-order valence-corrected chi connectivity index (χ4v) is 1.49. The monoisotopic (exact) mass is 230 g/mol. The van der Waals surface area contributed by atoms with Gasteiger partial charge >= 0.3 is 0 Å². The van der Waals surface area contributed by atoms with Crippen molar-refractivity contribution >= 4 is 5.91 Å². The van der Waals surface area contributed by atoms with Crippen LogP contribution < -0.4 is 5.32 Å². The first kappa shape index (κ1) is 11.3. The number of carbonyl (C=O) groups is 1. The summed E-state index contributed by atoms with van der Waals surface area (Å²) in [6.07, 6.45) is 4.29. The summed E-state index contributed by atoms with van der Waals surface area (Å²) in [5, 5.41) is 9.44. The fourth-order valence-electron chi connectivity index (χ4n) is 1.49. The van der Waals surface area contributed by atoms with Gasteiger partial charge in [0.2, 0.25) is 0 Å². The second kappa shape index (κ2) is 5.25. The summed E-state index contributed by atoms with van der Waals surface area (Å²) in [4.78, 5) is 15.7. The van der Waals surface area contributed by atoms with Crippen LogP contribution in [0.5, 0.6) is 0 Å². The maximum Gasteiger partial charge on any atom is 0.271 e. The molecule has 5 nitrogen and oxygen atoms in total. The predicted molar refractivity (Wildman–Crippen MR) is 63.6 cm³/mol. The summed E-state index contributed by atoms with van der Waals surface area (Å²) in [6.45, 7) is 2.44. The molecule has 0 spiro atoms. The van der Waals surface area contributed by atoms with Crippen molar-refractivity contribution < 1.29 is 4.79 Å². The molecule has 2 N–H and O–H groups in total. The van der Waals surface area contributed by atoms with Crippen LogP contribution in [-0.4, -0.2) is 27.6 Å². The molecule has 0 fully saturated rings. The van der Waals surface area contributed by atoms with E-state index in [1.54, 1.807) is 18.5 Å². The maximum absolute atomic E-state index is 11.6. The number of nitrogens with one attached hydrogen (secondary N) is 2. The Labute approximate surface area is 99.3 Å². The first-order valence-electron chi connectivity index (χ1n) is 5.45. The van der Waals surface area contributed by atoms with Crippen LogP contribution in [0, 0.1) is 6.92 Å². The smallest absolute Gasteiger partial charge is 0.271 e. The zero-order chi connectivity index (χ0) is 12.1. The van der Waals surface area contributed by atoms with Gasteiger partial charge in [-0.1, -0.05) is 6.07 Å². The number of nitrogens with zero attached hydrogens (tertiary/aromatic N) is 2. The van der Waals surface area contributed by atoms with Gasteiger partial charge in [0.25, 0.3) is 5.91 Å². The number of H-pyrrole nitrogens is 1. The van der Waals surface area contributed by atoms with Gasteiger partial charge in [0.1, 0.15) is 5.69 Å². The number of aromatic nitrogens is 3. The summed E-state index contributed by atoms with van der Waals surface area (Å²) in [6, 6.07) is 5.59. The second-order valence-electron chi connectivity index (χ2n) is 3.80. The quantitative estimate of drug-likeness (QED) is 0.825. The molecule has 17 heavy (non-hydrogen) atoms. The third kappa shape index (κ3) is 3.14. The Balaban J connectivity index is 1.81. The average Bonchev–Trinajstić information content (AvgIpc) is 2.77. The largest absolute Gasteiger partial charge is 0.350 e. The molecule has 0 radical (unpaired) electrons. The highest BCUT2D eigenvalue weighted by Gasteiger charge is 2.07. The number of rotatable bonds is 4. The minimum absolute atomic E-state index is 0.154. The van der Waals surface area contributed by atoms with Crippen molar-refractivity contribution in [3.8, 4) is 0 Å². The topological polar surface area (TPSA) is 70.7 Å². The number of aromatic amines is 1. The van der Waals surface area contributed by atoms with Crippen molar-refractivity contribution in [2.24, 2.45) is 0 Å². The van der Waals surface area contributed by atoms with Gasteiger partial charge in [0.05, 0.1) is 0 Å². The Hall–Kier alpha value is -2.17. The SMILES string of the molecule is Cc1cc(C(=O)NCCc2cccnc2)n[nH]1. The van der Waals surface area contributed by atoms with Gasteiger partial charge in [-0.25, -0.2) is 0 Å². The fraction of sp³-hybridized carbons (Fsp3) is 0.250. The normalized spacial score (nSPS) is 10.2. The molecule has 0 bridgehead atoms. The molecular formula is C12H14N4O. The molecule has 0 saturated carbocycles. The van der Waals surface area contributed by atoms with E-state index >= 15 is 0 Å². The van der Waals surface area contributed by atoms with Crippen LogP contribution in [0.15, 0.2) is 30.6 Å². The van der Waals surface area contributed by atoms with Gasteiger partial charge in [-0.2, -0.15) is 5.10 Å². The number of carbonyl (C=O) groups excluding carboxylic acids is 1.